The van der Waals surface area contributed by atoms with Crippen molar-refractivity contribution in [1.29, 1.82) is 0 Å². The Labute approximate surface area is 168 Å². The Balaban J connectivity index is 1.83. The average Bonchev–Trinajstić information content (AvgIpc) is 3.07. The largest absolute Gasteiger partial charge is 0.321 e. The van der Waals surface area contributed by atoms with Gasteiger partial charge in [0.05, 0.1) is 17.8 Å². The summed E-state index contributed by atoms with van der Waals surface area (Å²) in [4.78, 5) is 12.4. The minimum absolute atomic E-state index is 0.0502. The highest BCUT2D eigenvalue weighted by molar-refractivity contribution is 7.89. The van der Waals surface area contributed by atoms with Gasteiger partial charge >= 0.3 is 0 Å². The van der Waals surface area contributed by atoms with E-state index in [1.54, 1.807) is 19.3 Å². The molecule has 2 heterocycles. The van der Waals surface area contributed by atoms with E-state index >= 15 is 0 Å². The van der Waals surface area contributed by atoms with Crippen molar-refractivity contribution in [2.75, 3.05) is 18.4 Å². The molecule has 1 atom stereocenters. The Bertz CT molecular complexity index is 1090. The second-order valence-corrected chi connectivity index (χ2v) is 8.76. The van der Waals surface area contributed by atoms with Crippen molar-refractivity contribution in [2.45, 2.75) is 24.7 Å². The Kier molecular flexibility index (Phi) is 5.87. The van der Waals surface area contributed by atoms with Crippen molar-refractivity contribution in [3.05, 3.63) is 41.0 Å². The maximum atomic E-state index is 13.8. The standard InChI is InChI=1S/C17H17F5N4O3S/c1-8-10(6-23-25(8)2)30(28,29)26-5-3-4-9(7-26)17(27)24-16-14(21)12(19)11(18)13(20)15(16)22/h6,9H,3-5,7H2,1-2H3,(H,24,27)/t9-/m0/s1. The minimum atomic E-state index is -3.99. The average molecular weight is 452 g/mol. The van der Waals surface area contributed by atoms with E-state index < -0.39 is 56.6 Å². The number of hydrogen-bond acceptors (Lipinski definition) is 4. The van der Waals surface area contributed by atoms with Gasteiger partial charge in [0.1, 0.15) is 10.6 Å². The molecule has 0 spiro atoms. The van der Waals surface area contributed by atoms with Gasteiger partial charge < -0.3 is 5.32 Å². The topological polar surface area (TPSA) is 84.3 Å². The van der Waals surface area contributed by atoms with Gasteiger partial charge in [-0.15, -0.1) is 0 Å². The minimum Gasteiger partial charge on any atom is -0.321 e. The second-order valence-electron chi connectivity index (χ2n) is 6.85. The molecule has 0 aliphatic carbocycles. The van der Waals surface area contributed by atoms with Crippen LogP contribution >= 0.6 is 0 Å². The molecule has 30 heavy (non-hydrogen) atoms. The highest BCUT2D eigenvalue weighted by atomic mass is 32.2. The lowest BCUT2D eigenvalue weighted by atomic mass is 9.98. The van der Waals surface area contributed by atoms with E-state index in [0.29, 0.717) is 5.69 Å². The highest BCUT2D eigenvalue weighted by Crippen LogP contribution is 2.30. The van der Waals surface area contributed by atoms with Crippen LogP contribution in [0.25, 0.3) is 0 Å². The first kappa shape index (κ1) is 22.2. The van der Waals surface area contributed by atoms with Gasteiger partial charge in [-0.1, -0.05) is 0 Å². The zero-order valence-corrected chi connectivity index (χ0v) is 16.7. The van der Waals surface area contributed by atoms with Crippen LogP contribution in [-0.2, 0) is 21.9 Å². The number of anilines is 1. The van der Waals surface area contributed by atoms with Crippen LogP contribution in [0.3, 0.4) is 0 Å². The molecular formula is C17H17F5N4O3S. The Hall–Kier alpha value is -2.54. The van der Waals surface area contributed by atoms with Crippen LogP contribution in [0.1, 0.15) is 18.5 Å². The van der Waals surface area contributed by atoms with Gasteiger partial charge in [-0.05, 0) is 19.8 Å². The fourth-order valence-corrected chi connectivity index (χ4v) is 4.90. The number of rotatable bonds is 4. The molecule has 1 aliphatic heterocycles. The quantitative estimate of drug-likeness (QED) is 0.439. The first-order valence-electron chi connectivity index (χ1n) is 8.77. The summed E-state index contributed by atoms with van der Waals surface area (Å²) in [6.07, 6.45) is 1.59. The molecule has 3 rings (SSSR count). The molecule has 2 aromatic rings. The molecular weight excluding hydrogens is 435 g/mol. The summed E-state index contributed by atoms with van der Waals surface area (Å²) in [5, 5.41) is 5.59. The number of halogens is 5. The van der Waals surface area contributed by atoms with Crippen molar-refractivity contribution in [1.82, 2.24) is 14.1 Å². The molecule has 1 amide bonds. The van der Waals surface area contributed by atoms with Gasteiger partial charge in [-0.25, -0.2) is 30.4 Å². The van der Waals surface area contributed by atoms with Crippen LogP contribution in [0.4, 0.5) is 27.6 Å². The van der Waals surface area contributed by atoms with E-state index in [0.717, 1.165) is 4.31 Å². The number of benzene rings is 1. The first-order chi connectivity index (χ1) is 14.0. The van der Waals surface area contributed by atoms with Gasteiger partial charge in [-0.2, -0.15) is 9.40 Å². The molecule has 0 radical (unpaired) electrons. The third-order valence-corrected chi connectivity index (χ3v) is 6.99. The predicted octanol–water partition coefficient (Wildman–Crippen LogP) is 2.46. The molecule has 1 fully saturated rings. The van der Waals surface area contributed by atoms with E-state index in [1.807, 2.05) is 0 Å². The van der Waals surface area contributed by atoms with E-state index in [-0.39, 0.29) is 30.8 Å². The van der Waals surface area contributed by atoms with Crippen molar-refractivity contribution in [2.24, 2.45) is 13.0 Å². The molecule has 1 aromatic carbocycles. The third kappa shape index (κ3) is 3.67. The Morgan fingerprint density at radius 1 is 1.10 bits per heavy atom. The number of carbonyl (C=O) groups excluding carboxylic acids is 1. The number of aryl methyl sites for hydroxylation is 1. The lowest BCUT2D eigenvalue weighted by molar-refractivity contribution is -0.120. The molecule has 0 saturated carbocycles. The summed E-state index contributed by atoms with van der Waals surface area (Å²) in [6, 6.07) is 0. The van der Waals surface area contributed by atoms with Crippen molar-refractivity contribution in [3.8, 4) is 0 Å². The fraction of sp³-hybridized carbons (Fsp3) is 0.412. The Morgan fingerprint density at radius 2 is 1.67 bits per heavy atom. The van der Waals surface area contributed by atoms with E-state index in [2.05, 4.69) is 5.10 Å². The smallest absolute Gasteiger partial charge is 0.246 e. The molecule has 0 bridgehead atoms. The van der Waals surface area contributed by atoms with Gasteiger partial charge in [-0.3, -0.25) is 9.48 Å². The number of aromatic nitrogens is 2. The van der Waals surface area contributed by atoms with Crippen molar-refractivity contribution in [3.63, 3.8) is 0 Å². The maximum Gasteiger partial charge on any atom is 0.246 e. The van der Waals surface area contributed by atoms with Crippen LogP contribution in [-0.4, -0.2) is 41.5 Å². The van der Waals surface area contributed by atoms with Crippen LogP contribution in [0, 0.1) is 41.9 Å². The van der Waals surface area contributed by atoms with Gasteiger partial charge in [0, 0.05) is 20.1 Å². The van der Waals surface area contributed by atoms with E-state index in [1.165, 1.54) is 10.9 Å². The molecule has 1 aliphatic rings. The molecule has 0 unspecified atom stereocenters. The molecule has 1 N–H and O–H groups in total. The monoisotopic (exact) mass is 452 g/mol. The number of amides is 1. The lowest BCUT2D eigenvalue weighted by Crippen LogP contribution is -2.44. The first-order valence-corrected chi connectivity index (χ1v) is 10.2. The molecule has 7 nitrogen and oxygen atoms in total. The van der Waals surface area contributed by atoms with Gasteiger partial charge in [0.25, 0.3) is 0 Å². The van der Waals surface area contributed by atoms with Crippen LogP contribution in [0.5, 0.6) is 0 Å². The SMILES string of the molecule is Cc1c(S(=O)(=O)N2CCC[C@H](C(=O)Nc3c(F)c(F)c(F)c(F)c3F)C2)cnn1C. The second kappa shape index (κ2) is 7.95. The summed E-state index contributed by atoms with van der Waals surface area (Å²) >= 11 is 0. The van der Waals surface area contributed by atoms with Gasteiger partial charge in [0.15, 0.2) is 23.3 Å². The van der Waals surface area contributed by atoms with Crippen molar-refractivity contribution >= 4 is 21.6 Å². The normalized spacial score (nSPS) is 17.9. The van der Waals surface area contributed by atoms with Crippen molar-refractivity contribution < 1.29 is 35.2 Å². The number of hydrogen-bond donors (Lipinski definition) is 1. The van der Waals surface area contributed by atoms with Gasteiger partial charge in [0.2, 0.25) is 21.7 Å². The zero-order chi connectivity index (χ0) is 22.4. The summed E-state index contributed by atoms with van der Waals surface area (Å²) in [5.41, 5.74) is -1.09. The molecule has 164 valence electrons. The van der Waals surface area contributed by atoms with E-state index in [4.69, 9.17) is 0 Å². The third-order valence-electron chi connectivity index (χ3n) is 5.02. The number of nitrogens with zero attached hydrogens (tertiary/aromatic N) is 3. The summed E-state index contributed by atoms with van der Waals surface area (Å²) in [5.74, 6) is -13.2. The summed E-state index contributed by atoms with van der Waals surface area (Å²) in [6.45, 7) is 1.33. The summed E-state index contributed by atoms with van der Waals surface area (Å²) < 4.78 is 95.6. The van der Waals surface area contributed by atoms with Crippen LogP contribution < -0.4 is 5.32 Å². The maximum absolute atomic E-state index is 13.8. The van der Waals surface area contributed by atoms with Crippen LogP contribution in [0.2, 0.25) is 0 Å². The zero-order valence-electron chi connectivity index (χ0n) is 15.8. The molecule has 1 aromatic heterocycles. The number of piperidine rings is 1. The number of nitrogens with one attached hydrogen (secondary N) is 1. The lowest BCUT2D eigenvalue weighted by Gasteiger charge is -2.31. The predicted molar refractivity (Wildman–Crippen MR) is 94.3 cm³/mol. The molecule has 13 heteroatoms. The molecule has 1 saturated heterocycles. The summed E-state index contributed by atoms with van der Waals surface area (Å²) in [7, 11) is -2.43. The number of sulfonamides is 1. The Morgan fingerprint density at radius 3 is 2.20 bits per heavy atom. The van der Waals surface area contributed by atoms with Crippen LogP contribution in [0.15, 0.2) is 11.1 Å². The fourth-order valence-electron chi connectivity index (χ4n) is 3.19. The van der Waals surface area contributed by atoms with E-state index in [9.17, 15) is 35.2 Å². The number of carbonyl (C=O) groups is 1. The highest BCUT2D eigenvalue weighted by Gasteiger charge is 2.36.